The highest BCUT2D eigenvalue weighted by molar-refractivity contribution is 5.98. The van der Waals surface area contributed by atoms with E-state index < -0.39 is 23.9 Å². The molecule has 1 atom stereocenters. The molecule has 1 aliphatic heterocycles. The number of methoxy groups -OCH3 is 4. The monoisotopic (exact) mass is 473 g/mol. The summed E-state index contributed by atoms with van der Waals surface area (Å²) in [6.07, 6.45) is 0.996. The van der Waals surface area contributed by atoms with Gasteiger partial charge < -0.3 is 33.7 Å². The Morgan fingerprint density at radius 3 is 2.21 bits per heavy atom. The van der Waals surface area contributed by atoms with Crippen LogP contribution in [0.2, 0.25) is 0 Å². The smallest absolute Gasteiger partial charge is 0.338 e. The van der Waals surface area contributed by atoms with E-state index in [1.54, 1.807) is 12.1 Å². The molecule has 182 valence electrons. The van der Waals surface area contributed by atoms with Crippen LogP contribution in [0.3, 0.4) is 0 Å². The van der Waals surface area contributed by atoms with Crippen molar-refractivity contribution in [3.8, 4) is 23.0 Å². The zero-order valence-electron chi connectivity index (χ0n) is 19.5. The SMILES string of the molecule is COc1ccc(C(=O)OCc2cc(C(=O)N3CCCC3C(=O)O)cc(OC)c2OC)cc1OC. The molecule has 0 saturated carbocycles. The van der Waals surface area contributed by atoms with Gasteiger partial charge in [0.2, 0.25) is 0 Å². The van der Waals surface area contributed by atoms with E-state index in [-0.39, 0.29) is 23.5 Å². The van der Waals surface area contributed by atoms with Gasteiger partial charge in [-0.1, -0.05) is 0 Å². The Kier molecular flexibility index (Phi) is 7.83. The maximum Gasteiger partial charge on any atom is 0.338 e. The van der Waals surface area contributed by atoms with Crippen LogP contribution in [-0.2, 0) is 16.1 Å². The summed E-state index contributed by atoms with van der Waals surface area (Å²) < 4.78 is 26.6. The minimum Gasteiger partial charge on any atom is -0.493 e. The third-order valence-corrected chi connectivity index (χ3v) is 5.58. The molecule has 3 rings (SSSR count). The Bertz CT molecular complexity index is 1080. The maximum atomic E-state index is 13.1. The lowest BCUT2D eigenvalue weighted by atomic mass is 10.1. The summed E-state index contributed by atoms with van der Waals surface area (Å²) in [7, 11) is 5.80. The molecule has 10 heteroatoms. The lowest BCUT2D eigenvalue weighted by molar-refractivity contribution is -0.141. The van der Waals surface area contributed by atoms with Crippen molar-refractivity contribution in [2.45, 2.75) is 25.5 Å². The second-order valence-corrected chi connectivity index (χ2v) is 7.51. The first-order chi connectivity index (χ1) is 16.3. The molecule has 2 aromatic rings. The van der Waals surface area contributed by atoms with Gasteiger partial charge in [-0.3, -0.25) is 4.79 Å². The highest BCUT2D eigenvalue weighted by Gasteiger charge is 2.35. The van der Waals surface area contributed by atoms with Crippen molar-refractivity contribution in [1.29, 1.82) is 0 Å². The first kappa shape index (κ1) is 24.7. The van der Waals surface area contributed by atoms with E-state index in [4.69, 9.17) is 23.7 Å². The number of carbonyl (C=O) groups is 3. The molecule has 0 aromatic heterocycles. The number of aliphatic carboxylic acids is 1. The summed E-state index contributed by atoms with van der Waals surface area (Å²) in [5, 5.41) is 9.43. The molecule has 0 radical (unpaired) electrons. The van der Waals surface area contributed by atoms with Gasteiger partial charge in [-0.05, 0) is 43.2 Å². The zero-order chi connectivity index (χ0) is 24.8. The molecule has 0 bridgehead atoms. The fourth-order valence-electron chi connectivity index (χ4n) is 3.90. The highest BCUT2D eigenvalue weighted by Crippen LogP contribution is 2.35. The zero-order valence-corrected chi connectivity index (χ0v) is 19.5. The number of hydrogen-bond donors (Lipinski definition) is 1. The van der Waals surface area contributed by atoms with E-state index in [1.165, 1.54) is 51.5 Å². The van der Waals surface area contributed by atoms with Crippen LogP contribution in [0.15, 0.2) is 30.3 Å². The van der Waals surface area contributed by atoms with Crippen molar-refractivity contribution in [2.75, 3.05) is 35.0 Å². The average Bonchev–Trinajstić information content (AvgIpc) is 3.36. The van der Waals surface area contributed by atoms with Crippen molar-refractivity contribution in [3.05, 3.63) is 47.0 Å². The first-order valence-electron chi connectivity index (χ1n) is 10.5. The molecule has 0 spiro atoms. The molecule has 10 nitrogen and oxygen atoms in total. The van der Waals surface area contributed by atoms with Gasteiger partial charge in [0, 0.05) is 17.7 Å². The minimum atomic E-state index is -1.05. The van der Waals surface area contributed by atoms with Gasteiger partial charge in [0.1, 0.15) is 12.6 Å². The number of ether oxygens (including phenoxy) is 5. The first-order valence-corrected chi connectivity index (χ1v) is 10.5. The number of benzene rings is 2. The third kappa shape index (κ3) is 5.00. The number of amides is 1. The Morgan fingerprint density at radius 1 is 0.912 bits per heavy atom. The number of carbonyl (C=O) groups excluding carboxylic acids is 2. The predicted octanol–water partition coefficient (Wildman–Crippen LogP) is 2.77. The van der Waals surface area contributed by atoms with Crippen molar-refractivity contribution in [2.24, 2.45) is 0 Å². The van der Waals surface area contributed by atoms with Crippen LogP contribution in [-0.4, -0.2) is 68.9 Å². The van der Waals surface area contributed by atoms with Crippen LogP contribution in [0.4, 0.5) is 0 Å². The van der Waals surface area contributed by atoms with Crippen LogP contribution >= 0.6 is 0 Å². The van der Waals surface area contributed by atoms with Gasteiger partial charge in [-0.2, -0.15) is 0 Å². The molecule has 1 aliphatic rings. The fourth-order valence-corrected chi connectivity index (χ4v) is 3.90. The van der Waals surface area contributed by atoms with E-state index in [9.17, 15) is 19.5 Å². The fraction of sp³-hybridized carbons (Fsp3) is 0.375. The summed E-state index contributed by atoms with van der Waals surface area (Å²) in [5.74, 6) is -0.703. The van der Waals surface area contributed by atoms with Crippen molar-refractivity contribution >= 4 is 17.8 Å². The third-order valence-electron chi connectivity index (χ3n) is 5.58. The topological polar surface area (TPSA) is 121 Å². The average molecular weight is 473 g/mol. The Balaban J connectivity index is 1.86. The largest absolute Gasteiger partial charge is 0.493 e. The molecule has 1 amide bonds. The summed E-state index contributed by atoms with van der Waals surface area (Å²) in [6, 6.07) is 6.75. The normalized spacial score (nSPS) is 14.9. The second kappa shape index (κ2) is 10.8. The molecule has 2 aromatic carbocycles. The van der Waals surface area contributed by atoms with Gasteiger partial charge in [0.15, 0.2) is 23.0 Å². The lowest BCUT2D eigenvalue weighted by Gasteiger charge is -2.22. The maximum absolute atomic E-state index is 13.1. The van der Waals surface area contributed by atoms with Crippen LogP contribution in [0.5, 0.6) is 23.0 Å². The standard InChI is InChI=1S/C24H27NO9/c1-30-18-8-7-14(11-19(18)31-2)24(29)34-13-16-10-15(12-20(32-3)21(16)33-4)22(26)25-9-5-6-17(25)23(27)28/h7-8,10-12,17H,5-6,9,13H2,1-4H3,(H,27,28). The van der Waals surface area contributed by atoms with Gasteiger partial charge in [-0.15, -0.1) is 0 Å². The van der Waals surface area contributed by atoms with Crippen LogP contribution < -0.4 is 18.9 Å². The summed E-state index contributed by atoms with van der Waals surface area (Å²) in [5.41, 5.74) is 0.852. The molecule has 1 unspecified atom stereocenters. The molecule has 34 heavy (non-hydrogen) atoms. The summed E-state index contributed by atoms with van der Waals surface area (Å²) in [4.78, 5) is 38.6. The summed E-state index contributed by atoms with van der Waals surface area (Å²) >= 11 is 0. The van der Waals surface area contributed by atoms with E-state index in [0.717, 1.165) is 0 Å². The number of nitrogens with zero attached hydrogens (tertiary/aromatic N) is 1. The van der Waals surface area contributed by atoms with Crippen molar-refractivity contribution < 1.29 is 43.2 Å². The predicted molar refractivity (Wildman–Crippen MR) is 120 cm³/mol. The Morgan fingerprint density at radius 2 is 1.59 bits per heavy atom. The van der Waals surface area contributed by atoms with E-state index in [0.29, 0.717) is 42.2 Å². The van der Waals surface area contributed by atoms with Crippen molar-refractivity contribution in [3.63, 3.8) is 0 Å². The van der Waals surface area contributed by atoms with Gasteiger partial charge in [-0.25, -0.2) is 9.59 Å². The number of carboxylic acid groups (broad SMARTS) is 1. The minimum absolute atomic E-state index is 0.211. The number of esters is 1. The summed E-state index contributed by atoms with van der Waals surface area (Å²) in [6.45, 7) is 0.129. The van der Waals surface area contributed by atoms with Crippen LogP contribution in [0.1, 0.15) is 39.1 Å². The van der Waals surface area contributed by atoms with Gasteiger partial charge >= 0.3 is 11.9 Å². The molecule has 1 N–H and O–H groups in total. The molecule has 1 heterocycles. The molecule has 0 aliphatic carbocycles. The second-order valence-electron chi connectivity index (χ2n) is 7.51. The number of likely N-dealkylation sites (tertiary alicyclic amines) is 1. The number of rotatable bonds is 9. The molecule has 1 fully saturated rings. The van der Waals surface area contributed by atoms with Crippen LogP contribution in [0.25, 0.3) is 0 Å². The highest BCUT2D eigenvalue weighted by atomic mass is 16.5. The molecular formula is C24H27NO9. The Hall–Kier alpha value is -3.95. The molecular weight excluding hydrogens is 446 g/mol. The number of carboxylic acids is 1. The van der Waals surface area contributed by atoms with E-state index >= 15 is 0 Å². The van der Waals surface area contributed by atoms with E-state index in [2.05, 4.69) is 0 Å². The van der Waals surface area contributed by atoms with E-state index in [1.807, 2.05) is 0 Å². The molecule has 1 saturated heterocycles. The van der Waals surface area contributed by atoms with Gasteiger partial charge in [0.25, 0.3) is 5.91 Å². The van der Waals surface area contributed by atoms with Crippen LogP contribution in [0, 0.1) is 0 Å². The Labute approximate surface area is 196 Å². The van der Waals surface area contributed by atoms with Crippen molar-refractivity contribution in [1.82, 2.24) is 4.90 Å². The van der Waals surface area contributed by atoms with Gasteiger partial charge in [0.05, 0.1) is 34.0 Å². The number of hydrogen-bond acceptors (Lipinski definition) is 8. The quantitative estimate of drug-likeness (QED) is 0.548. The lowest BCUT2D eigenvalue weighted by Crippen LogP contribution is -2.40.